The van der Waals surface area contributed by atoms with Gasteiger partial charge in [-0.3, -0.25) is 9.69 Å². The number of anilines is 1. The number of thiazole rings is 1. The van der Waals surface area contributed by atoms with Crippen molar-refractivity contribution in [1.82, 2.24) is 14.5 Å². The SMILES string of the molecule is N#Cc1ccc(C(=O)N(CCCn2ccnc2)c2nc3ccccc3s2)cc1. The number of amides is 1. The number of hydrogen-bond donors (Lipinski definition) is 0. The molecule has 0 radical (unpaired) electrons. The van der Waals surface area contributed by atoms with E-state index in [1.165, 1.54) is 11.3 Å². The van der Waals surface area contributed by atoms with Crippen molar-refractivity contribution in [3.63, 3.8) is 0 Å². The standard InChI is InChI=1S/C21H17N5OS/c22-14-16-6-8-17(9-7-16)20(27)26(12-3-11-25-13-10-23-15-25)21-24-18-4-1-2-5-19(18)28-21/h1-2,4-10,13,15H,3,11-12H2. The molecular formula is C21H17N5OS. The summed E-state index contributed by atoms with van der Waals surface area (Å²) in [4.78, 5) is 23.6. The molecule has 4 aromatic rings. The third kappa shape index (κ3) is 3.77. The minimum atomic E-state index is -0.117. The molecule has 7 heteroatoms. The maximum absolute atomic E-state index is 13.2. The molecule has 28 heavy (non-hydrogen) atoms. The molecule has 6 nitrogen and oxygen atoms in total. The van der Waals surface area contributed by atoms with Gasteiger partial charge < -0.3 is 4.57 Å². The van der Waals surface area contributed by atoms with Crippen LogP contribution < -0.4 is 4.90 Å². The molecule has 0 fully saturated rings. The smallest absolute Gasteiger partial charge is 0.260 e. The lowest BCUT2D eigenvalue weighted by molar-refractivity contribution is 0.0986. The molecule has 1 amide bonds. The van der Waals surface area contributed by atoms with E-state index in [4.69, 9.17) is 5.26 Å². The number of imidazole rings is 1. The van der Waals surface area contributed by atoms with Crippen molar-refractivity contribution in [1.29, 1.82) is 5.26 Å². The first-order valence-electron chi connectivity index (χ1n) is 8.88. The highest BCUT2D eigenvalue weighted by Crippen LogP contribution is 2.29. The molecule has 138 valence electrons. The second kappa shape index (κ2) is 8.03. The molecule has 0 aliphatic carbocycles. The number of rotatable bonds is 6. The van der Waals surface area contributed by atoms with E-state index in [0.29, 0.717) is 22.8 Å². The van der Waals surface area contributed by atoms with Crippen LogP contribution in [0.5, 0.6) is 0 Å². The second-order valence-electron chi connectivity index (χ2n) is 6.26. The summed E-state index contributed by atoms with van der Waals surface area (Å²) < 4.78 is 3.03. The van der Waals surface area contributed by atoms with Crippen LogP contribution in [0.2, 0.25) is 0 Å². The second-order valence-corrected chi connectivity index (χ2v) is 7.27. The number of benzene rings is 2. The summed E-state index contributed by atoms with van der Waals surface area (Å²) in [7, 11) is 0. The first-order chi connectivity index (χ1) is 13.7. The van der Waals surface area contributed by atoms with Gasteiger partial charge in [-0.25, -0.2) is 9.97 Å². The number of carbonyl (C=O) groups is 1. The maximum atomic E-state index is 13.2. The van der Waals surface area contributed by atoms with E-state index >= 15 is 0 Å². The van der Waals surface area contributed by atoms with E-state index in [9.17, 15) is 4.79 Å². The average molecular weight is 387 g/mol. The van der Waals surface area contributed by atoms with Crippen molar-refractivity contribution in [3.8, 4) is 6.07 Å². The van der Waals surface area contributed by atoms with Gasteiger partial charge in [0.15, 0.2) is 5.13 Å². The van der Waals surface area contributed by atoms with Crippen LogP contribution in [0.25, 0.3) is 10.2 Å². The van der Waals surface area contributed by atoms with Gasteiger partial charge in [0, 0.05) is 31.0 Å². The van der Waals surface area contributed by atoms with Gasteiger partial charge in [-0.1, -0.05) is 23.5 Å². The number of aryl methyl sites for hydroxylation is 1. The van der Waals surface area contributed by atoms with E-state index < -0.39 is 0 Å². The van der Waals surface area contributed by atoms with Gasteiger partial charge in [0.2, 0.25) is 0 Å². The predicted molar refractivity (Wildman–Crippen MR) is 109 cm³/mol. The number of nitriles is 1. The average Bonchev–Trinajstić information content (AvgIpc) is 3.40. The first-order valence-corrected chi connectivity index (χ1v) is 9.69. The van der Waals surface area contributed by atoms with Gasteiger partial charge in [-0.2, -0.15) is 5.26 Å². The molecular weight excluding hydrogens is 370 g/mol. The summed E-state index contributed by atoms with van der Waals surface area (Å²) in [6, 6.07) is 16.7. The van der Waals surface area contributed by atoms with Gasteiger partial charge in [-0.15, -0.1) is 0 Å². The number of carbonyl (C=O) groups excluding carboxylic acids is 1. The molecule has 0 N–H and O–H groups in total. The number of nitrogens with zero attached hydrogens (tertiary/aromatic N) is 5. The minimum absolute atomic E-state index is 0.117. The topological polar surface area (TPSA) is 74.8 Å². The number of aromatic nitrogens is 3. The largest absolute Gasteiger partial charge is 0.337 e. The number of hydrogen-bond acceptors (Lipinski definition) is 5. The molecule has 2 aromatic carbocycles. The fourth-order valence-electron chi connectivity index (χ4n) is 2.93. The Bertz CT molecular complexity index is 1090. The van der Waals surface area contributed by atoms with Crippen LogP contribution in [0.4, 0.5) is 5.13 Å². The van der Waals surface area contributed by atoms with Crippen molar-refractivity contribution in [2.75, 3.05) is 11.4 Å². The predicted octanol–water partition coefficient (Wildman–Crippen LogP) is 4.10. The van der Waals surface area contributed by atoms with Gasteiger partial charge >= 0.3 is 0 Å². The Morgan fingerprint density at radius 1 is 1.18 bits per heavy atom. The van der Waals surface area contributed by atoms with Crippen molar-refractivity contribution in [2.24, 2.45) is 0 Å². The third-order valence-corrected chi connectivity index (χ3v) is 5.44. The van der Waals surface area contributed by atoms with Gasteiger partial charge in [0.1, 0.15) is 0 Å². The molecule has 0 aliphatic rings. The molecule has 2 heterocycles. The van der Waals surface area contributed by atoms with Crippen molar-refractivity contribution >= 4 is 32.6 Å². The Labute approximate surface area is 166 Å². The van der Waals surface area contributed by atoms with Crippen LogP contribution in [0.15, 0.2) is 67.3 Å². The Morgan fingerprint density at radius 2 is 2.00 bits per heavy atom. The molecule has 4 rings (SSSR count). The molecule has 0 saturated carbocycles. The molecule has 0 aliphatic heterocycles. The zero-order valence-corrected chi connectivity index (χ0v) is 15.8. The van der Waals surface area contributed by atoms with Crippen molar-refractivity contribution in [3.05, 3.63) is 78.4 Å². The number of para-hydroxylation sites is 1. The summed E-state index contributed by atoms with van der Waals surface area (Å²) in [5.74, 6) is -0.117. The summed E-state index contributed by atoms with van der Waals surface area (Å²) >= 11 is 1.51. The van der Waals surface area contributed by atoms with E-state index in [0.717, 1.165) is 23.2 Å². The summed E-state index contributed by atoms with van der Waals surface area (Å²) in [5.41, 5.74) is 1.96. The fourth-order valence-corrected chi connectivity index (χ4v) is 3.92. The Morgan fingerprint density at radius 3 is 2.71 bits per heavy atom. The van der Waals surface area contributed by atoms with Gasteiger partial charge in [0.25, 0.3) is 5.91 Å². The third-order valence-electron chi connectivity index (χ3n) is 4.38. The quantitative estimate of drug-likeness (QED) is 0.499. The highest BCUT2D eigenvalue weighted by Gasteiger charge is 2.21. The van der Waals surface area contributed by atoms with Crippen LogP contribution in [0.3, 0.4) is 0 Å². The summed E-state index contributed by atoms with van der Waals surface area (Å²) in [5, 5.41) is 9.66. The zero-order valence-electron chi connectivity index (χ0n) is 15.0. The van der Waals surface area contributed by atoms with Crippen LogP contribution >= 0.6 is 11.3 Å². The fraction of sp³-hybridized carbons (Fsp3) is 0.143. The maximum Gasteiger partial charge on any atom is 0.260 e. The monoisotopic (exact) mass is 387 g/mol. The van der Waals surface area contributed by atoms with Crippen LogP contribution in [0, 0.1) is 11.3 Å². The summed E-state index contributed by atoms with van der Waals surface area (Å²) in [6.07, 6.45) is 6.19. The highest BCUT2D eigenvalue weighted by molar-refractivity contribution is 7.22. The van der Waals surface area contributed by atoms with Crippen molar-refractivity contribution < 1.29 is 4.79 Å². The van der Waals surface area contributed by atoms with Gasteiger partial charge in [-0.05, 0) is 42.8 Å². The zero-order chi connectivity index (χ0) is 19.3. The van der Waals surface area contributed by atoms with E-state index in [1.54, 1.807) is 41.7 Å². The normalized spacial score (nSPS) is 10.7. The Balaban J connectivity index is 1.61. The highest BCUT2D eigenvalue weighted by atomic mass is 32.1. The van der Waals surface area contributed by atoms with Crippen LogP contribution in [-0.4, -0.2) is 27.0 Å². The molecule has 0 saturated heterocycles. The first kappa shape index (κ1) is 17.9. The Hall–Kier alpha value is -3.50. The lowest BCUT2D eigenvalue weighted by Crippen LogP contribution is -2.32. The van der Waals surface area contributed by atoms with Gasteiger partial charge in [0.05, 0.1) is 28.2 Å². The molecule has 0 atom stereocenters. The molecule has 0 unspecified atom stereocenters. The number of fused-ring (bicyclic) bond motifs is 1. The van der Waals surface area contributed by atoms with E-state index in [1.807, 2.05) is 35.0 Å². The lowest BCUT2D eigenvalue weighted by Gasteiger charge is -2.20. The minimum Gasteiger partial charge on any atom is -0.337 e. The van der Waals surface area contributed by atoms with Crippen LogP contribution in [-0.2, 0) is 6.54 Å². The van der Waals surface area contributed by atoms with E-state index in [2.05, 4.69) is 16.0 Å². The summed E-state index contributed by atoms with van der Waals surface area (Å²) in [6.45, 7) is 1.30. The van der Waals surface area contributed by atoms with Crippen LogP contribution in [0.1, 0.15) is 22.3 Å². The van der Waals surface area contributed by atoms with E-state index in [-0.39, 0.29) is 5.91 Å². The lowest BCUT2D eigenvalue weighted by atomic mass is 10.1. The molecule has 0 spiro atoms. The van der Waals surface area contributed by atoms with Crippen molar-refractivity contribution in [2.45, 2.75) is 13.0 Å². The Kier molecular flexibility index (Phi) is 5.13. The molecule has 0 bridgehead atoms. The molecule has 2 aromatic heterocycles.